The molecule has 0 saturated carbocycles. The summed E-state index contributed by atoms with van der Waals surface area (Å²) in [5.41, 5.74) is 4.31. The van der Waals surface area contributed by atoms with Crippen LogP contribution in [0.4, 0.5) is 4.39 Å². The van der Waals surface area contributed by atoms with Crippen LogP contribution in [0.5, 0.6) is 0 Å². The Balaban J connectivity index is 1.66. The molecule has 5 heteroatoms. The normalized spacial score (nSPS) is 11.1. The Labute approximate surface area is 179 Å². The quantitative estimate of drug-likeness (QED) is 0.445. The zero-order valence-electron chi connectivity index (χ0n) is 16.8. The maximum atomic E-state index is 14.2. The number of benzene rings is 3. The number of aromatic nitrogens is 3. The van der Waals surface area contributed by atoms with Gasteiger partial charge in [0.25, 0.3) is 5.56 Å². The number of nitrogens with zero attached hydrogens (tertiary/aromatic N) is 2. The molecule has 2 heterocycles. The minimum atomic E-state index is -0.333. The van der Waals surface area contributed by atoms with Crippen LogP contribution >= 0.6 is 0 Å². The van der Waals surface area contributed by atoms with E-state index in [-0.39, 0.29) is 17.8 Å². The molecule has 0 spiro atoms. The van der Waals surface area contributed by atoms with Crippen LogP contribution in [0.3, 0.4) is 0 Å². The monoisotopic (exact) mass is 409 g/mol. The second-order valence-corrected chi connectivity index (χ2v) is 7.50. The summed E-state index contributed by atoms with van der Waals surface area (Å²) >= 11 is 0. The third-order valence-electron chi connectivity index (χ3n) is 5.37. The standard InChI is InChI=1S/C26H20FN3O/c27-21-14-8-7-13-20(21)16-23-26(31)30-17-24(19-11-5-2-6-12-19)28-22(25(30)29-23)15-18-9-3-1-4-10-18/h1-14,17,28H,15-16H2. The van der Waals surface area contributed by atoms with Gasteiger partial charge >= 0.3 is 0 Å². The van der Waals surface area contributed by atoms with Crippen molar-refractivity contribution >= 4 is 0 Å². The zero-order chi connectivity index (χ0) is 21.2. The molecule has 2 aliphatic rings. The third kappa shape index (κ3) is 3.78. The van der Waals surface area contributed by atoms with Crippen molar-refractivity contribution in [3.05, 3.63) is 130 Å². The molecule has 0 unspecified atom stereocenters. The highest BCUT2D eigenvalue weighted by molar-refractivity contribution is 5.60. The molecular weight excluding hydrogens is 389 g/mol. The highest BCUT2D eigenvalue weighted by atomic mass is 19.1. The fourth-order valence-electron chi connectivity index (χ4n) is 3.80. The average Bonchev–Trinajstić information content (AvgIpc) is 3.12. The summed E-state index contributed by atoms with van der Waals surface area (Å²) < 4.78 is 15.7. The van der Waals surface area contributed by atoms with Crippen molar-refractivity contribution < 1.29 is 4.39 Å². The van der Waals surface area contributed by atoms with Gasteiger partial charge in [0.1, 0.15) is 11.5 Å². The predicted octanol–water partition coefficient (Wildman–Crippen LogP) is 4.99. The first-order chi connectivity index (χ1) is 15.2. The summed E-state index contributed by atoms with van der Waals surface area (Å²) in [4.78, 5) is 21.3. The fourth-order valence-corrected chi connectivity index (χ4v) is 3.80. The number of hydrogen-bond acceptors (Lipinski definition) is 2. The van der Waals surface area contributed by atoms with Gasteiger partial charge in [0.05, 0.1) is 11.4 Å². The highest BCUT2D eigenvalue weighted by Crippen LogP contribution is 2.23. The maximum absolute atomic E-state index is 14.2. The number of aromatic amines is 1. The number of nitrogens with one attached hydrogen (secondary N) is 1. The van der Waals surface area contributed by atoms with Gasteiger partial charge in [-0.2, -0.15) is 0 Å². The first kappa shape index (κ1) is 19.0. The largest absolute Gasteiger partial charge is 0.354 e. The second-order valence-electron chi connectivity index (χ2n) is 7.50. The molecule has 0 saturated heterocycles. The predicted molar refractivity (Wildman–Crippen MR) is 119 cm³/mol. The number of H-pyrrole nitrogens is 1. The van der Waals surface area contributed by atoms with Gasteiger partial charge in [-0.05, 0) is 22.8 Å². The van der Waals surface area contributed by atoms with Crippen molar-refractivity contribution in [1.82, 2.24) is 14.5 Å². The molecule has 31 heavy (non-hydrogen) atoms. The molecule has 0 bridgehead atoms. The Morgan fingerprint density at radius 2 is 1.52 bits per heavy atom. The van der Waals surface area contributed by atoms with E-state index >= 15 is 0 Å². The van der Waals surface area contributed by atoms with Crippen LogP contribution in [0.15, 0.2) is 95.9 Å². The SMILES string of the molecule is O=c1c(Cc2ccccc2F)nc2c(Cc3ccccc3)[nH]c(-c3ccccc3)cn1-2. The first-order valence-corrected chi connectivity index (χ1v) is 10.1. The van der Waals surface area contributed by atoms with Crippen molar-refractivity contribution in [2.24, 2.45) is 0 Å². The molecular formula is C26H20FN3O. The van der Waals surface area contributed by atoms with E-state index in [1.54, 1.807) is 29.0 Å². The summed E-state index contributed by atoms with van der Waals surface area (Å²) in [5, 5.41) is 0. The number of fused-ring (bicyclic) bond motifs is 1. The average molecular weight is 409 g/mol. The Hall–Kier alpha value is -3.99. The minimum Gasteiger partial charge on any atom is -0.354 e. The lowest BCUT2D eigenvalue weighted by molar-refractivity contribution is 0.613. The second kappa shape index (κ2) is 8.03. The summed E-state index contributed by atoms with van der Waals surface area (Å²) in [7, 11) is 0. The van der Waals surface area contributed by atoms with Crippen molar-refractivity contribution in [3.8, 4) is 17.1 Å². The van der Waals surface area contributed by atoms with E-state index in [0.29, 0.717) is 23.5 Å². The maximum Gasteiger partial charge on any atom is 0.278 e. The van der Waals surface area contributed by atoms with Crippen molar-refractivity contribution in [3.63, 3.8) is 0 Å². The van der Waals surface area contributed by atoms with Crippen molar-refractivity contribution in [2.75, 3.05) is 0 Å². The number of halogens is 1. The molecule has 0 aromatic heterocycles. The van der Waals surface area contributed by atoms with E-state index in [9.17, 15) is 9.18 Å². The molecule has 0 aliphatic carbocycles. The molecule has 2 aliphatic heterocycles. The highest BCUT2D eigenvalue weighted by Gasteiger charge is 2.21. The first-order valence-electron chi connectivity index (χ1n) is 10.1. The molecule has 0 radical (unpaired) electrons. The molecule has 152 valence electrons. The lowest BCUT2D eigenvalue weighted by Gasteiger charge is -2.13. The lowest BCUT2D eigenvalue weighted by atomic mass is 10.1. The van der Waals surface area contributed by atoms with Gasteiger partial charge in [0, 0.05) is 19.0 Å². The van der Waals surface area contributed by atoms with Crippen LogP contribution in [0.25, 0.3) is 17.1 Å². The smallest absolute Gasteiger partial charge is 0.278 e. The van der Waals surface area contributed by atoms with Crippen LogP contribution in [-0.2, 0) is 12.8 Å². The van der Waals surface area contributed by atoms with Crippen molar-refractivity contribution in [1.29, 1.82) is 0 Å². The minimum absolute atomic E-state index is 0.151. The van der Waals surface area contributed by atoms with E-state index in [1.807, 2.05) is 60.7 Å². The number of imidazole rings is 1. The summed E-state index contributed by atoms with van der Waals surface area (Å²) in [6.45, 7) is 0. The Kier molecular flexibility index (Phi) is 4.92. The van der Waals surface area contributed by atoms with Gasteiger partial charge < -0.3 is 4.98 Å². The Morgan fingerprint density at radius 1 is 0.839 bits per heavy atom. The van der Waals surface area contributed by atoms with Crippen LogP contribution in [-0.4, -0.2) is 14.5 Å². The molecule has 3 aromatic carbocycles. The molecule has 0 atom stereocenters. The van der Waals surface area contributed by atoms with Gasteiger partial charge in [0.2, 0.25) is 0 Å². The molecule has 0 fully saturated rings. The fraction of sp³-hybridized carbons (Fsp3) is 0.0769. The Bertz CT molecular complexity index is 1360. The molecule has 4 nitrogen and oxygen atoms in total. The summed E-state index contributed by atoms with van der Waals surface area (Å²) in [6, 6.07) is 26.4. The summed E-state index contributed by atoms with van der Waals surface area (Å²) in [5.74, 6) is 0.236. The zero-order valence-corrected chi connectivity index (χ0v) is 16.8. The van der Waals surface area contributed by atoms with Gasteiger partial charge in [0.15, 0.2) is 5.82 Å². The van der Waals surface area contributed by atoms with Crippen LogP contribution in [0.2, 0.25) is 0 Å². The van der Waals surface area contributed by atoms with Crippen LogP contribution in [0, 0.1) is 5.82 Å². The topological polar surface area (TPSA) is 50.7 Å². The molecule has 3 aromatic rings. The number of rotatable bonds is 5. The van der Waals surface area contributed by atoms with E-state index in [0.717, 1.165) is 22.5 Å². The van der Waals surface area contributed by atoms with E-state index in [1.165, 1.54) is 6.07 Å². The van der Waals surface area contributed by atoms with Gasteiger partial charge in [-0.3, -0.25) is 9.36 Å². The molecule has 5 rings (SSSR count). The summed E-state index contributed by atoms with van der Waals surface area (Å²) in [6.07, 6.45) is 2.53. The molecule has 1 N–H and O–H groups in total. The van der Waals surface area contributed by atoms with Gasteiger partial charge in [-0.1, -0.05) is 78.9 Å². The Morgan fingerprint density at radius 3 is 2.26 bits per heavy atom. The van der Waals surface area contributed by atoms with Crippen LogP contribution < -0.4 is 5.56 Å². The lowest BCUT2D eigenvalue weighted by Crippen LogP contribution is -2.18. The van der Waals surface area contributed by atoms with Gasteiger partial charge in [-0.15, -0.1) is 0 Å². The number of hydrogen-bond donors (Lipinski definition) is 1. The van der Waals surface area contributed by atoms with Crippen molar-refractivity contribution in [2.45, 2.75) is 12.8 Å². The molecule has 0 amide bonds. The van der Waals surface area contributed by atoms with Gasteiger partial charge in [-0.25, -0.2) is 9.37 Å². The van der Waals surface area contributed by atoms with E-state index in [4.69, 9.17) is 0 Å². The van der Waals surface area contributed by atoms with E-state index in [2.05, 4.69) is 9.97 Å². The van der Waals surface area contributed by atoms with E-state index < -0.39 is 0 Å². The third-order valence-corrected chi connectivity index (χ3v) is 5.37. The van der Waals surface area contributed by atoms with Crippen LogP contribution in [0.1, 0.15) is 22.5 Å².